The van der Waals surface area contributed by atoms with Crippen molar-refractivity contribution in [3.8, 4) is 5.75 Å². The molecule has 2 N–H and O–H groups in total. The van der Waals surface area contributed by atoms with Gasteiger partial charge in [0.25, 0.3) is 5.91 Å². The molecule has 1 aliphatic rings. The Kier molecular flexibility index (Phi) is 4.68. The number of carbonyl (C=O) groups is 3. The summed E-state index contributed by atoms with van der Waals surface area (Å²) in [7, 11) is 1.53. The van der Waals surface area contributed by atoms with Crippen LogP contribution in [0.5, 0.6) is 5.75 Å². The third-order valence-electron chi connectivity index (χ3n) is 3.29. The second kappa shape index (κ2) is 6.38. The van der Waals surface area contributed by atoms with Crippen LogP contribution in [0.15, 0.2) is 18.2 Å². The number of alkyl carbamates (subject to hydrolysis) is 1. The molecule has 130 valence electrons. The molecule has 2 amide bonds. The number of nitrogens with zero attached hydrogens (tertiary/aromatic N) is 1. The molecular weight excluding hydrogens is 316 g/mol. The highest BCUT2D eigenvalue weighted by Crippen LogP contribution is 2.31. The standard InChI is InChI=1S/C16H20N2O6/c1-16(2,3)24-15(22)17-10-8-23-12-7-9(14(20)21)5-6-11(12)18(4)13(10)19/h5-7,10H,8H2,1-4H3,(H,17,22)(H,20,21). The molecule has 0 spiro atoms. The molecule has 0 bridgehead atoms. The molecule has 0 radical (unpaired) electrons. The number of rotatable bonds is 2. The first-order valence-electron chi connectivity index (χ1n) is 7.36. The number of aromatic carboxylic acids is 1. The Hall–Kier alpha value is -2.77. The lowest BCUT2D eigenvalue weighted by atomic mass is 10.1. The lowest BCUT2D eigenvalue weighted by molar-refractivity contribution is -0.120. The third kappa shape index (κ3) is 3.95. The van der Waals surface area contributed by atoms with Crippen molar-refractivity contribution in [3.63, 3.8) is 0 Å². The first kappa shape index (κ1) is 17.6. The lowest BCUT2D eigenvalue weighted by Crippen LogP contribution is -2.50. The maximum absolute atomic E-state index is 12.5. The molecule has 24 heavy (non-hydrogen) atoms. The van der Waals surface area contributed by atoms with Gasteiger partial charge >= 0.3 is 12.1 Å². The Bertz CT molecular complexity index is 680. The first-order valence-corrected chi connectivity index (χ1v) is 7.36. The molecule has 0 saturated heterocycles. The molecule has 1 heterocycles. The fraction of sp³-hybridized carbons (Fsp3) is 0.438. The van der Waals surface area contributed by atoms with Gasteiger partial charge in [0.2, 0.25) is 0 Å². The number of likely N-dealkylation sites (N-methyl/N-ethyl adjacent to an activating group) is 1. The Morgan fingerprint density at radius 1 is 1.38 bits per heavy atom. The second-order valence-electron chi connectivity index (χ2n) is 6.39. The summed E-state index contributed by atoms with van der Waals surface area (Å²) >= 11 is 0. The van der Waals surface area contributed by atoms with Gasteiger partial charge in [0.05, 0.1) is 11.3 Å². The highest BCUT2D eigenvalue weighted by Gasteiger charge is 2.32. The Morgan fingerprint density at radius 2 is 2.04 bits per heavy atom. The minimum atomic E-state index is -1.09. The Morgan fingerprint density at radius 3 is 2.62 bits per heavy atom. The van der Waals surface area contributed by atoms with Crippen molar-refractivity contribution in [1.29, 1.82) is 0 Å². The number of anilines is 1. The number of hydrogen-bond acceptors (Lipinski definition) is 5. The van der Waals surface area contributed by atoms with Crippen LogP contribution < -0.4 is 15.0 Å². The number of carboxylic acids is 1. The number of carboxylic acid groups (broad SMARTS) is 1. The van der Waals surface area contributed by atoms with Crippen LogP contribution in [0.4, 0.5) is 10.5 Å². The molecule has 2 rings (SSSR count). The topological polar surface area (TPSA) is 105 Å². The van der Waals surface area contributed by atoms with Gasteiger partial charge in [-0.15, -0.1) is 0 Å². The maximum atomic E-state index is 12.5. The van der Waals surface area contributed by atoms with E-state index in [9.17, 15) is 14.4 Å². The zero-order chi connectivity index (χ0) is 18.1. The van der Waals surface area contributed by atoms with Gasteiger partial charge in [-0.25, -0.2) is 9.59 Å². The second-order valence-corrected chi connectivity index (χ2v) is 6.39. The van der Waals surface area contributed by atoms with E-state index in [2.05, 4.69) is 5.32 Å². The number of carbonyl (C=O) groups excluding carboxylic acids is 2. The van der Waals surface area contributed by atoms with Gasteiger partial charge in [0, 0.05) is 7.05 Å². The molecule has 1 atom stereocenters. The minimum absolute atomic E-state index is 0.0492. The van der Waals surface area contributed by atoms with Gasteiger partial charge in [-0.05, 0) is 39.0 Å². The molecule has 0 saturated carbocycles. The van der Waals surface area contributed by atoms with Gasteiger partial charge in [-0.1, -0.05) is 0 Å². The molecule has 0 aliphatic carbocycles. The highest BCUT2D eigenvalue weighted by molar-refractivity contribution is 6.01. The summed E-state index contributed by atoms with van der Waals surface area (Å²) in [6.45, 7) is 5.02. The number of nitrogens with one attached hydrogen (secondary N) is 1. The third-order valence-corrected chi connectivity index (χ3v) is 3.29. The van der Waals surface area contributed by atoms with Crippen molar-refractivity contribution in [2.24, 2.45) is 0 Å². The van der Waals surface area contributed by atoms with Crippen LogP contribution in [0, 0.1) is 0 Å². The molecule has 1 aromatic carbocycles. The summed E-state index contributed by atoms with van der Waals surface area (Å²) in [4.78, 5) is 36.7. The zero-order valence-electron chi connectivity index (χ0n) is 14.0. The van der Waals surface area contributed by atoms with E-state index in [-0.39, 0.29) is 23.8 Å². The van der Waals surface area contributed by atoms with Gasteiger partial charge in [0.15, 0.2) is 0 Å². The summed E-state index contributed by atoms with van der Waals surface area (Å²) in [6.07, 6.45) is -0.727. The maximum Gasteiger partial charge on any atom is 0.408 e. The van der Waals surface area contributed by atoms with Crippen LogP contribution in [-0.2, 0) is 9.53 Å². The van der Waals surface area contributed by atoms with Crippen LogP contribution in [-0.4, -0.2) is 48.4 Å². The summed E-state index contributed by atoms with van der Waals surface area (Å²) < 4.78 is 10.7. The Labute approximate surface area is 139 Å². The summed E-state index contributed by atoms with van der Waals surface area (Å²) in [5.41, 5.74) is -0.212. The Balaban J connectivity index is 2.19. The molecule has 8 nitrogen and oxygen atoms in total. The van der Waals surface area contributed by atoms with E-state index in [1.165, 1.54) is 30.1 Å². The van der Waals surface area contributed by atoms with E-state index in [0.717, 1.165) is 0 Å². The summed E-state index contributed by atoms with van der Waals surface area (Å²) in [5, 5.41) is 11.5. The van der Waals surface area contributed by atoms with Crippen molar-refractivity contribution in [2.45, 2.75) is 32.4 Å². The number of hydrogen-bond donors (Lipinski definition) is 2. The van der Waals surface area contributed by atoms with Crippen molar-refractivity contribution in [3.05, 3.63) is 23.8 Å². The normalized spacial score (nSPS) is 17.4. The molecular formula is C16H20N2O6. The smallest absolute Gasteiger partial charge is 0.408 e. The quantitative estimate of drug-likeness (QED) is 0.850. The molecule has 0 aromatic heterocycles. The van der Waals surface area contributed by atoms with Crippen LogP contribution >= 0.6 is 0 Å². The van der Waals surface area contributed by atoms with Gasteiger partial charge < -0.3 is 24.8 Å². The van der Waals surface area contributed by atoms with E-state index in [4.69, 9.17) is 14.6 Å². The van der Waals surface area contributed by atoms with Gasteiger partial charge in [-0.3, -0.25) is 4.79 Å². The number of amides is 2. The molecule has 8 heteroatoms. The average molecular weight is 336 g/mol. The summed E-state index contributed by atoms with van der Waals surface area (Å²) in [6, 6.07) is 3.28. The van der Waals surface area contributed by atoms with E-state index in [0.29, 0.717) is 5.69 Å². The van der Waals surface area contributed by atoms with Crippen molar-refractivity contribution in [1.82, 2.24) is 5.32 Å². The predicted octanol–water partition coefficient (Wildman–Crippen LogP) is 1.63. The van der Waals surface area contributed by atoms with Crippen molar-refractivity contribution in [2.75, 3.05) is 18.6 Å². The average Bonchev–Trinajstić information content (AvgIpc) is 2.57. The predicted molar refractivity (Wildman–Crippen MR) is 85.5 cm³/mol. The van der Waals surface area contributed by atoms with Crippen LogP contribution in [0.3, 0.4) is 0 Å². The van der Waals surface area contributed by atoms with Crippen LogP contribution in [0.25, 0.3) is 0 Å². The fourth-order valence-electron chi connectivity index (χ4n) is 2.19. The van der Waals surface area contributed by atoms with E-state index < -0.39 is 23.7 Å². The van der Waals surface area contributed by atoms with Gasteiger partial charge in [-0.2, -0.15) is 0 Å². The number of benzene rings is 1. The molecule has 1 unspecified atom stereocenters. The lowest BCUT2D eigenvalue weighted by Gasteiger charge is -2.23. The van der Waals surface area contributed by atoms with E-state index in [1.807, 2.05) is 0 Å². The van der Waals surface area contributed by atoms with Crippen molar-refractivity contribution < 1.29 is 29.0 Å². The van der Waals surface area contributed by atoms with Gasteiger partial charge in [0.1, 0.15) is 24.0 Å². The number of ether oxygens (including phenoxy) is 2. The highest BCUT2D eigenvalue weighted by atomic mass is 16.6. The molecule has 0 fully saturated rings. The van der Waals surface area contributed by atoms with E-state index in [1.54, 1.807) is 20.8 Å². The molecule has 1 aliphatic heterocycles. The molecule has 1 aromatic rings. The monoisotopic (exact) mass is 336 g/mol. The van der Waals surface area contributed by atoms with Crippen molar-refractivity contribution >= 4 is 23.7 Å². The van der Waals surface area contributed by atoms with Crippen LogP contribution in [0.2, 0.25) is 0 Å². The first-order chi connectivity index (χ1) is 11.1. The zero-order valence-corrected chi connectivity index (χ0v) is 14.0. The number of fused-ring (bicyclic) bond motifs is 1. The van der Waals surface area contributed by atoms with Crippen LogP contribution in [0.1, 0.15) is 31.1 Å². The summed E-state index contributed by atoms with van der Waals surface area (Å²) in [5.74, 6) is -1.22. The fourth-order valence-corrected chi connectivity index (χ4v) is 2.19. The van der Waals surface area contributed by atoms with E-state index >= 15 is 0 Å². The largest absolute Gasteiger partial charge is 0.489 e. The minimum Gasteiger partial charge on any atom is -0.489 e. The SMILES string of the molecule is CN1C(=O)C(NC(=O)OC(C)(C)C)COc2cc(C(=O)O)ccc21.